The van der Waals surface area contributed by atoms with E-state index in [1.807, 2.05) is 30.3 Å². The van der Waals surface area contributed by atoms with Gasteiger partial charge >= 0.3 is 0 Å². The van der Waals surface area contributed by atoms with E-state index in [0.717, 1.165) is 30.2 Å². The molecule has 31 heavy (non-hydrogen) atoms. The molecule has 1 aliphatic heterocycles. The number of guanidine groups is 1. The van der Waals surface area contributed by atoms with Crippen molar-refractivity contribution in [2.75, 3.05) is 39.1 Å². The van der Waals surface area contributed by atoms with E-state index in [-0.39, 0.29) is 30.0 Å². The Bertz CT molecular complexity index is 1020. The molecule has 2 aromatic carbocycles. The number of benzene rings is 2. The molecule has 10 heteroatoms. The van der Waals surface area contributed by atoms with Crippen molar-refractivity contribution in [3.05, 3.63) is 59.1 Å². The molecule has 1 heterocycles. The number of nitrogens with one attached hydrogen (secondary N) is 2. The van der Waals surface area contributed by atoms with Gasteiger partial charge in [-0.1, -0.05) is 35.9 Å². The monoisotopic (exact) mass is 577 g/mol. The Morgan fingerprint density at radius 3 is 2.65 bits per heavy atom. The molecule has 0 radical (unpaired) electrons. The van der Waals surface area contributed by atoms with E-state index in [2.05, 4.69) is 26.6 Å². The molecule has 7 nitrogen and oxygen atoms in total. The number of hydrogen-bond donors (Lipinski definition) is 2. The van der Waals surface area contributed by atoms with Crippen LogP contribution in [0.5, 0.6) is 0 Å². The average molecular weight is 578 g/mol. The maximum atomic E-state index is 12.6. The highest BCUT2D eigenvalue weighted by atomic mass is 127. The van der Waals surface area contributed by atoms with Gasteiger partial charge < -0.3 is 15.5 Å². The van der Waals surface area contributed by atoms with Crippen molar-refractivity contribution >= 4 is 57.2 Å². The average Bonchev–Trinajstić information content (AvgIpc) is 3.19. The Labute approximate surface area is 206 Å². The molecule has 170 valence electrons. The third-order valence-electron chi connectivity index (χ3n) is 5.10. The number of hydrogen-bond acceptors (Lipinski definition) is 4. The number of sulfonamides is 1. The predicted molar refractivity (Wildman–Crippen MR) is 138 cm³/mol. The zero-order chi connectivity index (χ0) is 21.7. The summed E-state index contributed by atoms with van der Waals surface area (Å²) >= 11 is 6.11. The first-order valence-corrected chi connectivity index (χ1v) is 11.6. The quantitative estimate of drug-likeness (QED) is 0.313. The van der Waals surface area contributed by atoms with Crippen LogP contribution in [-0.2, 0) is 16.6 Å². The van der Waals surface area contributed by atoms with Crippen molar-refractivity contribution in [3.8, 4) is 0 Å². The Morgan fingerprint density at radius 1 is 1.23 bits per heavy atom. The van der Waals surface area contributed by atoms with Crippen molar-refractivity contribution in [1.29, 1.82) is 0 Å². The van der Waals surface area contributed by atoms with Gasteiger partial charge in [-0.3, -0.25) is 4.99 Å². The van der Waals surface area contributed by atoms with Crippen molar-refractivity contribution < 1.29 is 8.42 Å². The largest absolute Gasteiger partial charge is 0.369 e. The Morgan fingerprint density at radius 2 is 1.97 bits per heavy atom. The molecule has 2 N–H and O–H groups in total. The van der Waals surface area contributed by atoms with Gasteiger partial charge in [0.2, 0.25) is 10.0 Å². The molecule has 0 spiro atoms. The third-order valence-corrected chi connectivity index (χ3v) is 7.25. The lowest BCUT2D eigenvalue weighted by Gasteiger charge is -2.21. The van der Waals surface area contributed by atoms with Crippen LogP contribution in [0.4, 0.5) is 5.69 Å². The van der Waals surface area contributed by atoms with Gasteiger partial charge in [0.1, 0.15) is 0 Å². The molecule has 0 aliphatic carbocycles. The normalized spacial score (nSPS) is 16.9. The summed E-state index contributed by atoms with van der Waals surface area (Å²) in [6.07, 6.45) is 0.971. The molecule has 1 fully saturated rings. The SMILES string of the molecule is CN=C(NCc1ccccc1S(=O)(=O)N(C)C)NC1CCN(c2cccc(Cl)c2)C1.I. The topological polar surface area (TPSA) is 77.0 Å². The van der Waals surface area contributed by atoms with Gasteiger partial charge in [0.05, 0.1) is 4.90 Å². The molecule has 3 rings (SSSR count). The summed E-state index contributed by atoms with van der Waals surface area (Å²) in [5, 5.41) is 7.41. The smallest absolute Gasteiger partial charge is 0.242 e. The van der Waals surface area contributed by atoms with Crippen LogP contribution in [-0.4, -0.2) is 59.0 Å². The van der Waals surface area contributed by atoms with Crippen LogP contribution in [0, 0.1) is 0 Å². The lowest BCUT2D eigenvalue weighted by Crippen LogP contribution is -2.44. The van der Waals surface area contributed by atoms with Crippen molar-refractivity contribution in [3.63, 3.8) is 0 Å². The van der Waals surface area contributed by atoms with E-state index >= 15 is 0 Å². The molecule has 2 aromatic rings. The third kappa shape index (κ3) is 6.47. The molecule has 0 aromatic heterocycles. The van der Waals surface area contributed by atoms with Gasteiger partial charge in [0.15, 0.2) is 5.96 Å². The number of halogens is 2. The second kappa shape index (κ2) is 11.3. The molecule has 1 unspecified atom stereocenters. The maximum absolute atomic E-state index is 12.6. The maximum Gasteiger partial charge on any atom is 0.242 e. The first kappa shape index (κ1) is 25.7. The minimum absolute atomic E-state index is 0. The van der Waals surface area contributed by atoms with Crippen LogP contribution in [0.2, 0.25) is 5.02 Å². The van der Waals surface area contributed by atoms with E-state index in [9.17, 15) is 8.42 Å². The van der Waals surface area contributed by atoms with Crippen LogP contribution in [0.15, 0.2) is 58.4 Å². The van der Waals surface area contributed by atoms with Gasteiger partial charge in [-0.2, -0.15) is 0 Å². The van der Waals surface area contributed by atoms with Crippen molar-refractivity contribution in [2.45, 2.75) is 23.9 Å². The van der Waals surface area contributed by atoms with Gasteiger partial charge in [-0.15, -0.1) is 24.0 Å². The Kier molecular flexibility index (Phi) is 9.41. The van der Waals surface area contributed by atoms with Gasteiger partial charge in [-0.25, -0.2) is 12.7 Å². The molecule has 0 amide bonds. The summed E-state index contributed by atoms with van der Waals surface area (Å²) in [7, 11) is 1.27. The van der Waals surface area contributed by atoms with Crippen LogP contribution < -0.4 is 15.5 Å². The molecule has 0 saturated carbocycles. The molecule has 1 atom stereocenters. The van der Waals surface area contributed by atoms with E-state index in [0.29, 0.717) is 23.0 Å². The summed E-state index contributed by atoms with van der Waals surface area (Å²) in [6, 6.07) is 15.1. The number of anilines is 1. The van der Waals surface area contributed by atoms with Crippen LogP contribution >= 0.6 is 35.6 Å². The van der Waals surface area contributed by atoms with E-state index in [1.165, 1.54) is 18.4 Å². The molecule has 1 aliphatic rings. The van der Waals surface area contributed by atoms with Crippen LogP contribution in [0.25, 0.3) is 0 Å². The fraction of sp³-hybridized carbons (Fsp3) is 0.381. The molecular weight excluding hydrogens is 549 g/mol. The Balaban J connectivity index is 0.00000341. The zero-order valence-electron chi connectivity index (χ0n) is 17.9. The molecule has 0 bridgehead atoms. The highest BCUT2D eigenvalue weighted by Crippen LogP contribution is 2.23. The summed E-state index contributed by atoms with van der Waals surface area (Å²) in [4.78, 5) is 6.89. The van der Waals surface area contributed by atoms with Crippen LogP contribution in [0.3, 0.4) is 0 Å². The highest BCUT2D eigenvalue weighted by molar-refractivity contribution is 14.0. The fourth-order valence-corrected chi connectivity index (χ4v) is 4.75. The summed E-state index contributed by atoms with van der Waals surface area (Å²) in [5.41, 5.74) is 1.80. The van der Waals surface area contributed by atoms with E-state index in [4.69, 9.17) is 11.6 Å². The number of aliphatic imine (C=N–C) groups is 1. The zero-order valence-corrected chi connectivity index (χ0v) is 21.8. The van der Waals surface area contributed by atoms with Crippen molar-refractivity contribution in [2.24, 2.45) is 4.99 Å². The number of rotatable bonds is 6. The second-order valence-electron chi connectivity index (χ2n) is 7.38. The lowest BCUT2D eigenvalue weighted by atomic mass is 10.2. The minimum Gasteiger partial charge on any atom is -0.369 e. The minimum atomic E-state index is -3.51. The first-order chi connectivity index (χ1) is 14.3. The summed E-state index contributed by atoms with van der Waals surface area (Å²) in [6.45, 7) is 2.12. The summed E-state index contributed by atoms with van der Waals surface area (Å²) in [5.74, 6) is 0.644. The van der Waals surface area contributed by atoms with E-state index in [1.54, 1.807) is 19.2 Å². The summed E-state index contributed by atoms with van der Waals surface area (Å²) < 4.78 is 26.4. The van der Waals surface area contributed by atoms with Crippen LogP contribution in [0.1, 0.15) is 12.0 Å². The second-order valence-corrected chi connectivity index (χ2v) is 9.93. The fourth-order valence-electron chi connectivity index (χ4n) is 3.45. The number of nitrogens with zero attached hydrogens (tertiary/aromatic N) is 3. The Hall–Kier alpha value is -1.56. The highest BCUT2D eigenvalue weighted by Gasteiger charge is 2.24. The van der Waals surface area contributed by atoms with Crippen molar-refractivity contribution in [1.82, 2.24) is 14.9 Å². The standard InChI is InChI=1S/C21H28ClN5O2S.HI/c1-23-21(24-14-16-7-4-5-10-20(16)30(28,29)26(2)3)25-18-11-12-27(15-18)19-9-6-8-17(22)13-19;/h4-10,13,18H,11-12,14-15H2,1-3H3,(H2,23,24,25);1H. The van der Waals surface area contributed by atoms with Gasteiger partial charge in [0, 0.05) is 57.5 Å². The van der Waals surface area contributed by atoms with Gasteiger partial charge in [0.25, 0.3) is 0 Å². The molecular formula is C21H29ClIN5O2S. The predicted octanol–water partition coefficient (Wildman–Crippen LogP) is 3.15. The van der Waals surface area contributed by atoms with Gasteiger partial charge in [-0.05, 0) is 36.2 Å². The first-order valence-electron chi connectivity index (χ1n) is 9.79. The molecule has 1 saturated heterocycles. The van der Waals surface area contributed by atoms with E-state index < -0.39 is 10.0 Å². The lowest BCUT2D eigenvalue weighted by molar-refractivity contribution is 0.519.